The van der Waals surface area contributed by atoms with Crippen molar-refractivity contribution < 1.29 is 19.1 Å². The van der Waals surface area contributed by atoms with Crippen molar-refractivity contribution >= 4 is 28.6 Å². The number of carbonyl (C=O) groups excluding carboxylic acids is 3. The molecule has 0 saturated heterocycles. The number of esters is 1. The van der Waals surface area contributed by atoms with E-state index in [1.54, 1.807) is 24.3 Å². The van der Waals surface area contributed by atoms with Crippen LogP contribution in [0.25, 0.3) is 10.8 Å². The molecule has 9 heteroatoms. The average Bonchev–Trinajstić information content (AvgIpc) is 2.60. The van der Waals surface area contributed by atoms with Crippen molar-refractivity contribution in [3.63, 3.8) is 0 Å². The largest absolute Gasteiger partial charge is 0.451 e. The number of nitrogens with one attached hydrogen (secondary N) is 2. The van der Waals surface area contributed by atoms with Gasteiger partial charge in [0.15, 0.2) is 12.3 Å². The molecule has 0 atom stereocenters. The molecule has 0 aliphatic heterocycles. The van der Waals surface area contributed by atoms with Gasteiger partial charge in [0.25, 0.3) is 11.5 Å². The SMILES string of the molecule is CC(=O)NNC(=O)COC(=O)c1nn(CC(C)C)c(=O)c2ccccc12. The lowest BCUT2D eigenvalue weighted by molar-refractivity contribution is -0.129. The van der Waals surface area contributed by atoms with Crippen LogP contribution in [-0.2, 0) is 20.9 Å². The lowest BCUT2D eigenvalue weighted by atomic mass is 10.1. The Bertz CT molecular complexity index is 904. The molecule has 0 unspecified atom stereocenters. The van der Waals surface area contributed by atoms with E-state index in [1.807, 2.05) is 13.8 Å². The van der Waals surface area contributed by atoms with Crippen LogP contribution in [0.1, 0.15) is 31.3 Å². The molecule has 2 rings (SSSR count). The Kier molecular flexibility index (Phi) is 6.05. The highest BCUT2D eigenvalue weighted by Gasteiger charge is 2.19. The maximum atomic E-state index is 12.5. The summed E-state index contributed by atoms with van der Waals surface area (Å²) in [6.07, 6.45) is 0. The number of hydrogen-bond acceptors (Lipinski definition) is 6. The van der Waals surface area contributed by atoms with Crippen molar-refractivity contribution in [1.82, 2.24) is 20.6 Å². The summed E-state index contributed by atoms with van der Waals surface area (Å²) in [6, 6.07) is 6.57. The van der Waals surface area contributed by atoms with E-state index >= 15 is 0 Å². The van der Waals surface area contributed by atoms with Crippen LogP contribution < -0.4 is 16.4 Å². The minimum Gasteiger partial charge on any atom is -0.451 e. The Morgan fingerprint density at radius 3 is 2.42 bits per heavy atom. The molecule has 138 valence electrons. The van der Waals surface area contributed by atoms with Crippen LogP contribution in [0.4, 0.5) is 0 Å². The zero-order chi connectivity index (χ0) is 19.3. The Morgan fingerprint density at radius 2 is 1.81 bits per heavy atom. The minimum absolute atomic E-state index is 0.0480. The maximum absolute atomic E-state index is 12.5. The highest BCUT2D eigenvalue weighted by atomic mass is 16.5. The van der Waals surface area contributed by atoms with Gasteiger partial charge in [-0.05, 0) is 12.0 Å². The van der Waals surface area contributed by atoms with Crippen molar-refractivity contribution in [2.24, 2.45) is 5.92 Å². The van der Waals surface area contributed by atoms with Gasteiger partial charge in [0.2, 0.25) is 5.91 Å². The van der Waals surface area contributed by atoms with Crippen LogP contribution in [0.15, 0.2) is 29.1 Å². The molecule has 1 aromatic carbocycles. The summed E-state index contributed by atoms with van der Waals surface area (Å²) in [4.78, 5) is 47.2. The number of ether oxygens (including phenoxy) is 1. The first-order chi connectivity index (χ1) is 12.3. The Balaban J connectivity index is 2.28. The fraction of sp³-hybridized carbons (Fsp3) is 0.353. The summed E-state index contributed by atoms with van der Waals surface area (Å²) in [5, 5.41) is 4.82. The molecule has 0 radical (unpaired) electrons. The zero-order valence-electron chi connectivity index (χ0n) is 14.7. The molecule has 2 aromatic rings. The van der Waals surface area contributed by atoms with Crippen LogP contribution in [0.5, 0.6) is 0 Å². The van der Waals surface area contributed by atoms with E-state index in [0.717, 1.165) is 0 Å². The van der Waals surface area contributed by atoms with E-state index in [1.165, 1.54) is 11.6 Å². The lowest BCUT2D eigenvalue weighted by Gasteiger charge is -2.12. The molecule has 0 aliphatic rings. The van der Waals surface area contributed by atoms with Gasteiger partial charge in [0.05, 0.1) is 5.39 Å². The smallest absolute Gasteiger partial charge is 0.359 e. The van der Waals surface area contributed by atoms with Crippen LogP contribution >= 0.6 is 0 Å². The number of aromatic nitrogens is 2. The molecule has 9 nitrogen and oxygen atoms in total. The number of fused-ring (bicyclic) bond motifs is 1. The topological polar surface area (TPSA) is 119 Å². The predicted molar refractivity (Wildman–Crippen MR) is 93.1 cm³/mol. The molecule has 1 aromatic heterocycles. The highest BCUT2D eigenvalue weighted by Crippen LogP contribution is 2.14. The lowest BCUT2D eigenvalue weighted by Crippen LogP contribution is -2.42. The van der Waals surface area contributed by atoms with E-state index in [-0.39, 0.29) is 17.2 Å². The standard InChI is InChI=1S/C17H20N4O5/c1-10(2)8-21-16(24)13-7-5-4-6-12(13)15(20-21)17(25)26-9-14(23)19-18-11(3)22/h4-7,10H,8-9H2,1-3H3,(H,18,22)(H,19,23). The summed E-state index contributed by atoms with van der Waals surface area (Å²) in [5.74, 6) is -1.85. The number of carbonyl (C=O) groups is 3. The number of hydrazine groups is 1. The summed E-state index contributed by atoms with van der Waals surface area (Å²) in [6.45, 7) is 4.81. The number of hydrogen-bond donors (Lipinski definition) is 2. The van der Waals surface area contributed by atoms with Gasteiger partial charge in [-0.25, -0.2) is 9.48 Å². The molecular formula is C17H20N4O5. The Labute approximate surface area is 149 Å². The van der Waals surface area contributed by atoms with Gasteiger partial charge in [0, 0.05) is 18.9 Å². The molecule has 1 heterocycles. The first-order valence-electron chi connectivity index (χ1n) is 8.02. The van der Waals surface area contributed by atoms with Crippen LogP contribution in [-0.4, -0.2) is 34.2 Å². The molecule has 2 amide bonds. The van der Waals surface area contributed by atoms with Crippen molar-refractivity contribution in [1.29, 1.82) is 0 Å². The normalized spacial score (nSPS) is 10.6. The fourth-order valence-corrected chi connectivity index (χ4v) is 2.25. The van der Waals surface area contributed by atoms with Gasteiger partial charge < -0.3 is 4.74 Å². The van der Waals surface area contributed by atoms with Gasteiger partial charge in [-0.2, -0.15) is 5.10 Å². The van der Waals surface area contributed by atoms with Crippen LogP contribution in [0.2, 0.25) is 0 Å². The molecule has 2 N–H and O–H groups in total. The maximum Gasteiger partial charge on any atom is 0.359 e. The summed E-state index contributed by atoms with van der Waals surface area (Å²) in [5.41, 5.74) is 3.82. The quantitative estimate of drug-likeness (QED) is 0.587. The van der Waals surface area contributed by atoms with Gasteiger partial charge in [0.1, 0.15) is 0 Å². The molecule has 0 aliphatic carbocycles. The first kappa shape index (κ1) is 19.1. The predicted octanol–water partition coefficient (Wildman–Crippen LogP) is 0.377. The number of benzene rings is 1. The molecule has 0 bridgehead atoms. The third-order valence-corrected chi connectivity index (χ3v) is 3.31. The number of rotatable bonds is 5. The third-order valence-electron chi connectivity index (χ3n) is 3.31. The van der Waals surface area contributed by atoms with Crippen LogP contribution in [0.3, 0.4) is 0 Å². The Morgan fingerprint density at radius 1 is 1.15 bits per heavy atom. The summed E-state index contributed by atoms with van der Waals surface area (Å²) in [7, 11) is 0. The second-order valence-electron chi connectivity index (χ2n) is 6.08. The second-order valence-corrected chi connectivity index (χ2v) is 6.08. The summed E-state index contributed by atoms with van der Waals surface area (Å²) >= 11 is 0. The van der Waals surface area contributed by atoms with Crippen LogP contribution in [0, 0.1) is 5.92 Å². The van der Waals surface area contributed by atoms with E-state index < -0.39 is 24.4 Å². The zero-order valence-corrected chi connectivity index (χ0v) is 14.7. The minimum atomic E-state index is -0.836. The second kappa shape index (κ2) is 8.24. The van der Waals surface area contributed by atoms with Crippen molar-refractivity contribution in [3.05, 3.63) is 40.3 Å². The third kappa shape index (κ3) is 4.65. The summed E-state index contributed by atoms with van der Waals surface area (Å²) < 4.78 is 6.17. The van der Waals surface area contributed by atoms with Crippen molar-refractivity contribution in [2.75, 3.05) is 6.61 Å². The number of nitrogens with zero attached hydrogens (tertiary/aromatic N) is 2. The Hall–Kier alpha value is -3.23. The molecule has 0 fully saturated rings. The van der Waals surface area contributed by atoms with E-state index in [9.17, 15) is 19.2 Å². The monoisotopic (exact) mass is 360 g/mol. The fourth-order valence-electron chi connectivity index (χ4n) is 2.25. The van der Waals surface area contributed by atoms with Gasteiger partial charge >= 0.3 is 5.97 Å². The van der Waals surface area contributed by atoms with E-state index in [2.05, 4.69) is 16.0 Å². The van der Waals surface area contributed by atoms with E-state index in [0.29, 0.717) is 17.3 Å². The highest BCUT2D eigenvalue weighted by molar-refractivity contribution is 6.02. The van der Waals surface area contributed by atoms with Crippen molar-refractivity contribution in [2.45, 2.75) is 27.3 Å². The van der Waals surface area contributed by atoms with E-state index in [4.69, 9.17) is 4.74 Å². The molecule has 26 heavy (non-hydrogen) atoms. The number of amides is 2. The molecule has 0 spiro atoms. The van der Waals surface area contributed by atoms with Crippen molar-refractivity contribution in [3.8, 4) is 0 Å². The average molecular weight is 360 g/mol. The molecule has 0 saturated carbocycles. The van der Waals surface area contributed by atoms with Gasteiger partial charge in [-0.15, -0.1) is 0 Å². The van der Waals surface area contributed by atoms with Gasteiger partial charge in [-0.1, -0.05) is 32.0 Å². The van der Waals surface area contributed by atoms with Gasteiger partial charge in [-0.3, -0.25) is 25.2 Å². The first-order valence-corrected chi connectivity index (χ1v) is 8.02. The molecular weight excluding hydrogens is 340 g/mol.